The van der Waals surface area contributed by atoms with Crippen molar-refractivity contribution in [2.45, 2.75) is 20.8 Å². The van der Waals surface area contributed by atoms with Crippen LogP contribution >= 0.6 is 0 Å². The number of rotatable bonds is 4. The van der Waals surface area contributed by atoms with Crippen LogP contribution in [0.3, 0.4) is 0 Å². The zero-order chi connectivity index (χ0) is 12.4. The Kier molecular flexibility index (Phi) is 3.17. The smallest absolute Gasteiger partial charge is 0.209 e. The third-order valence-corrected chi connectivity index (χ3v) is 2.44. The first-order valence-corrected chi connectivity index (χ1v) is 5.86. The lowest BCUT2D eigenvalue weighted by atomic mass is 10.2. The maximum atomic E-state index is 4.47. The van der Waals surface area contributed by atoms with Crippen molar-refractivity contribution in [3.8, 4) is 5.82 Å². The highest BCUT2D eigenvalue weighted by molar-refractivity contribution is 5.38. The van der Waals surface area contributed by atoms with E-state index in [0.29, 0.717) is 5.92 Å². The van der Waals surface area contributed by atoms with Crippen molar-refractivity contribution in [1.29, 1.82) is 0 Å². The maximum absolute atomic E-state index is 4.47. The van der Waals surface area contributed by atoms with Gasteiger partial charge in [0.15, 0.2) is 5.82 Å². The predicted octanol–water partition coefficient (Wildman–Crippen LogP) is 1.98. The minimum atomic E-state index is 0.587. The standard InChI is InChI=1S/C12H19N5/c1-9(2)7-13-12-14-10(3)8-17(12)11-5-6-16(4)15-11/h5-6,8-9H,7H2,1-4H3,(H,13,14). The molecule has 0 aromatic carbocycles. The van der Waals surface area contributed by atoms with Gasteiger partial charge in [0.1, 0.15) is 0 Å². The van der Waals surface area contributed by atoms with E-state index in [2.05, 4.69) is 29.2 Å². The lowest BCUT2D eigenvalue weighted by Gasteiger charge is -2.09. The minimum absolute atomic E-state index is 0.587. The number of hydrogen-bond donors (Lipinski definition) is 1. The highest BCUT2D eigenvalue weighted by Gasteiger charge is 2.09. The van der Waals surface area contributed by atoms with Gasteiger partial charge in [-0.3, -0.25) is 9.25 Å². The fourth-order valence-electron chi connectivity index (χ4n) is 1.62. The first-order chi connectivity index (χ1) is 8.06. The Morgan fingerprint density at radius 2 is 2.18 bits per heavy atom. The van der Waals surface area contributed by atoms with Crippen LogP contribution in [0.1, 0.15) is 19.5 Å². The molecule has 5 nitrogen and oxygen atoms in total. The normalized spacial score (nSPS) is 11.1. The average Bonchev–Trinajstić information content (AvgIpc) is 2.81. The van der Waals surface area contributed by atoms with Crippen LogP contribution in [0.5, 0.6) is 0 Å². The molecule has 0 saturated heterocycles. The SMILES string of the molecule is Cc1cn(-c2ccn(C)n2)c(NCC(C)C)n1. The van der Waals surface area contributed by atoms with Crippen LogP contribution in [-0.2, 0) is 7.05 Å². The van der Waals surface area contributed by atoms with E-state index in [1.165, 1.54) is 0 Å². The molecule has 2 rings (SSSR count). The monoisotopic (exact) mass is 233 g/mol. The van der Waals surface area contributed by atoms with Crippen molar-refractivity contribution in [2.24, 2.45) is 13.0 Å². The van der Waals surface area contributed by atoms with Crippen molar-refractivity contribution < 1.29 is 0 Å². The summed E-state index contributed by atoms with van der Waals surface area (Å²) in [7, 11) is 1.91. The molecule has 0 saturated carbocycles. The summed E-state index contributed by atoms with van der Waals surface area (Å²) in [6.45, 7) is 7.24. The molecule has 0 unspecified atom stereocenters. The summed E-state index contributed by atoms with van der Waals surface area (Å²) in [5, 5.41) is 7.73. The van der Waals surface area contributed by atoms with Gasteiger partial charge in [0.05, 0.1) is 5.69 Å². The highest BCUT2D eigenvalue weighted by atomic mass is 15.3. The summed E-state index contributed by atoms with van der Waals surface area (Å²) < 4.78 is 3.77. The van der Waals surface area contributed by atoms with Gasteiger partial charge in [0, 0.05) is 32.1 Å². The van der Waals surface area contributed by atoms with Gasteiger partial charge in [-0.05, 0) is 12.8 Å². The molecule has 0 aliphatic carbocycles. The van der Waals surface area contributed by atoms with Gasteiger partial charge in [0.25, 0.3) is 0 Å². The molecule has 2 heterocycles. The zero-order valence-electron chi connectivity index (χ0n) is 10.8. The fraction of sp³-hybridized carbons (Fsp3) is 0.500. The summed E-state index contributed by atoms with van der Waals surface area (Å²) in [6, 6.07) is 1.97. The van der Waals surface area contributed by atoms with Crippen LogP contribution in [0.2, 0.25) is 0 Å². The molecule has 0 bridgehead atoms. The van der Waals surface area contributed by atoms with E-state index in [9.17, 15) is 0 Å². The van der Waals surface area contributed by atoms with Gasteiger partial charge in [-0.15, -0.1) is 0 Å². The number of nitrogens with zero attached hydrogens (tertiary/aromatic N) is 4. The summed E-state index contributed by atoms with van der Waals surface area (Å²) >= 11 is 0. The third-order valence-electron chi connectivity index (χ3n) is 2.44. The van der Waals surface area contributed by atoms with Crippen molar-refractivity contribution in [2.75, 3.05) is 11.9 Å². The molecule has 2 aromatic heterocycles. The van der Waals surface area contributed by atoms with Crippen LogP contribution in [0.4, 0.5) is 5.95 Å². The van der Waals surface area contributed by atoms with Crippen LogP contribution in [-0.4, -0.2) is 25.9 Å². The Morgan fingerprint density at radius 3 is 2.76 bits per heavy atom. The van der Waals surface area contributed by atoms with Crippen LogP contribution in [0.15, 0.2) is 18.5 Å². The van der Waals surface area contributed by atoms with Crippen LogP contribution in [0, 0.1) is 12.8 Å². The first-order valence-electron chi connectivity index (χ1n) is 5.86. The number of aryl methyl sites for hydroxylation is 2. The minimum Gasteiger partial charge on any atom is -0.355 e. The molecule has 0 amide bonds. The Morgan fingerprint density at radius 1 is 1.41 bits per heavy atom. The molecule has 0 radical (unpaired) electrons. The van der Waals surface area contributed by atoms with E-state index in [1.807, 2.05) is 37.0 Å². The lowest BCUT2D eigenvalue weighted by Crippen LogP contribution is -2.12. The molecule has 0 aliphatic heterocycles. The van der Waals surface area contributed by atoms with E-state index < -0.39 is 0 Å². The second-order valence-corrected chi connectivity index (χ2v) is 4.70. The lowest BCUT2D eigenvalue weighted by molar-refractivity contribution is 0.682. The van der Waals surface area contributed by atoms with Crippen molar-refractivity contribution >= 4 is 5.95 Å². The molecule has 1 N–H and O–H groups in total. The molecule has 17 heavy (non-hydrogen) atoms. The second kappa shape index (κ2) is 4.61. The Hall–Kier alpha value is -1.78. The van der Waals surface area contributed by atoms with E-state index in [4.69, 9.17) is 0 Å². The maximum Gasteiger partial charge on any atom is 0.209 e. The number of nitrogens with one attached hydrogen (secondary N) is 1. The molecule has 0 spiro atoms. The van der Waals surface area contributed by atoms with E-state index in [-0.39, 0.29) is 0 Å². The van der Waals surface area contributed by atoms with Crippen LogP contribution in [0.25, 0.3) is 5.82 Å². The first kappa shape index (κ1) is 11.7. The Balaban J connectivity index is 2.27. The predicted molar refractivity (Wildman–Crippen MR) is 68.4 cm³/mol. The van der Waals surface area contributed by atoms with Crippen LogP contribution < -0.4 is 5.32 Å². The Bertz CT molecular complexity index is 495. The van der Waals surface area contributed by atoms with E-state index in [1.54, 1.807) is 4.68 Å². The van der Waals surface area contributed by atoms with Crippen molar-refractivity contribution in [3.05, 3.63) is 24.2 Å². The molecule has 0 aliphatic rings. The summed E-state index contributed by atoms with van der Waals surface area (Å²) in [4.78, 5) is 4.47. The number of anilines is 1. The fourth-order valence-corrected chi connectivity index (χ4v) is 1.62. The van der Waals surface area contributed by atoms with Gasteiger partial charge in [-0.2, -0.15) is 5.10 Å². The third kappa shape index (κ3) is 2.67. The molecule has 0 atom stereocenters. The van der Waals surface area contributed by atoms with Crippen molar-refractivity contribution in [3.63, 3.8) is 0 Å². The largest absolute Gasteiger partial charge is 0.355 e. The number of imidazole rings is 1. The molecule has 0 fully saturated rings. The van der Waals surface area contributed by atoms with E-state index in [0.717, 1.165) is 24.0 Å². The number of aromatic nitrogens is 4. The van der Waals surface area contributed by atoms with E-state index >= 15 is 0 Å². The second-order valence-electron chi connectivity index (χ2n) is 4.70. The molecule has 92 valence electrons. The summed E-state index contributed by atoms with van der Waals surface area (Å²) in [6.07, 6.45) is 3.92. The van der Waals surface area contributed by atoms with Gasteiger partial charge in [-0.25, -0.2) is 4.98 Å². The van der Waals surface area contributed by atoms with Crippen molar-refractivity contribution in [1.82, 2.24) is 19.3 Å². The molecular weight excluding hydrogens is 214 g/mol. The van der Waals surface area contributed by atoms with Gasteiger partial charge in [-0.1, -0.05) is 13.8 Å². The Labute approximate surface area is 101 Å². The molecule has 5 heteroatoms. The highest BCUT2D eigenvalue weighted by Crippen LogP contribution is 2.14. The van der Waals surface area contributed by atoms with Gasteiger partial charge >= 0.3 is 0 Å². The summed E-state index contributed by atoms with van der Waals surface area (Å²) in [5.41, 5.74) is 0.988. The number of hydrogen-bond acceptors (Lipinski definition) is 3. The summed E-state index contributed by atoms with van der Waals surface area (Å²) in [5.74, 6) is 2.33. The van der Waals surface area contributed by atoms with Gasteiger partial charge < -0.3 is 5.32 Å². The zero-order valence-corrected chi connectivity index (χ0v) is 10.8. The molecular formula is C12H19N5. The molecule has 2 aromatic rings. The quantitative estimate of drug-likeness (QED) is 0.878. The van der Waals surface area contributed by atoms with Gasteiger partial charge in [0.2, 0.25) is 5.95 Å². The average molecular weight is 233 g/mol. The topological polar surface area (TPSA) is 47.7 Å².